The van der Waals surface area contributed by atoms with Crippen LogP contribution in [0.2, 0.25) is 0 Å². The van der Waals surface area contributed by atoms with Gasteiger partial charge in [-0.3, -0.25) is 0 Å². The van der Waals surface area contributed by atoms with E-state index >= 15 is 0 Å². The Hall–Kier alpha value is -1.11. The number of hydrogen-bond acceptors (Lipinski definition) is 4. The van der Waals surface area contributed by atoms with E-state index in [0.29, 0.717) is 6.54 Å². The van der Waals surface area contributed by atoms with Gasteiger partial charge in [0, 0.05) is 13.6 Å². The lowest BCUT2D eigenvalue weighted by molar-refractivity contribution is 0.369. The number of benzene rings is 1. The molecule has 0 aromatic heterocycles. The molecule has 0 heterocycles. The van der Waals surface area contributed by atoms with E-state index in [1.807, 2.05) is 19.0 Å². The van der Waals surface area contributed by atoms with Crippen molar-refractivity contribution in [1.29, 1.82) is 0 Å². The van der Waals surface area contributed by atoms with Crippen molar-refractivity contribution in [2.24, 2.45) is 0 Å². The summed E-state index contributed by atoms with van der Waals surface area (Å²) in [4.78, 5) is 1.96. The number of nitrogens with zero attached hydrogens (tertiary/aromatic N) is 2. The molecule has 1 N–H and O–H groups in total. The van der Waals surface area contributed by atoms with E-state index < -0.39 is 10.0 Å². The van der Waals surface area contributed by atoms with Crippen molar-refractivity contribution in [3.63, 3.8) is 0 Å². The van der Waals surface area contributed by atoms with Crippen LogP contribution in [0, 0.1) is 0 Å². The molecule has 0 unspecified atom stereocenters. The molecule has 1 aromatic rings. The van der Waals surface area contributed by atoms with Crippen LogP contribution < -0.4 is 0 Å². The molecule has 0 radical (unpaired) electrons. The molecule has 0 aliphatic rings. The Morgan fingerprint density at radius 3 is 2.28 bits per heavy atom. The Kier molecular flexibility index (Phi) is 5.13. The smallest absolute Gasteiger partial charge is 0.246 e. The first-order valence-electron chi connectivity index (χ1n) is 5.75. The second-order valence-electron chi connectivity index (χ2n) is 4.45. The van der Waals surface area contributed by atoms with Crippen molar-refractivity contribution in [1.82, 2.24) is 9.21 Å². The first-order chi connectivity index (χ1) is 8.35. The molecule has 1 aromatic carbocycles. The van der Waals surface area contributed by atoms with Crippen molar-refractivity contribution in [2.75, 3.05) is 34.2 Å². The summed E-state index contributed by atoms with van der Waals surface area (Å²) in [6.45, 7) is 1.25. The maximum Gasteiger partial charge on any atom is 0.246 e. The SMILES string of the molecule is CN(C)CCCN(C)S(=O)(=O)c1ccccc1O. The molecule has 18 heavy (non-hydrogen) atoms. The molecule has 102 valence electrons. The first kappa shape index (κ1) is 14.9. The van der Waals surface area contributed by atoms with E-state index in [-0.39, 0.29) is 10.6 Å². The Bertz CT molecular complexity index is 486. The van der Waals surface area contributed by atoms with Gasteiger partial charge in [-0.25, -0.2) is 12.7 Å². The fraction of sp³-hybridized carbons (Fsp3) is 0.500. The number of aromatic hydroxyl groups is 1. The fourth-order valence-corrected chi connectivity index (χ4v) is 2.86. The average Bonchev–Trinajstić information content (AvgIpc) is 2.28. The Morgan fingerprint density at radius 1 is 1.11 bits per heavy atom. The normalized spacial score (nSPS) is 12.3. The molecule has 0 bridgehead atoms. The van der Waals surface area contributed by atoms with Crippen molar-refractivity contribution in [3.8, 4) is 5.75 Å². The minimum atomic E-state index is -3.60. The topological polar surface area (TPSA) is 60.9 Å². The Balaban J connectivity index is 2.78. The van der Waals surface area contributed by atoms with Crippen LogP contribution in [0.15, 0.2) is 29.2 Å². The first-order valence-corrected chi connectivity index (χ1v) is 7.19. The molecule has 6 heteroatoms. The Morgan fingerprint density at radius 2 is 1.72 bits per heavy atom. The van der Waals surface area contributed by atoms with E-state index in [1.54, 1.807) is 12.1 Å². The predicted octanol–water partition coefficient (Wildman–Crippen LogP) is 0.964. The van der Waals surface area contributed by atoms with Crippen LogP contribution in [-0.2, 0) is 10.0 Å². The van der Waals surface area contributed by atoms with Crippen molar-refractivity contribution in [2.45, 2.75) is 11.3 Å². The van der Waals surface area contributed by atoms with Crippen molar-refractivity contribution >= 4 is 10.0 Å². The highest BCUT2D eigenvalue weighted by Gasteiger charge is 2.23. The van der Waals surface area contributed by atoms with Crippen LogP contribution >= 0.6 is 0 Å². The minimum absolute atomic E-state index is 0.0441. The molecule has 0 aliphatic carbocycles. The number of phenols is 1. The van der Waals surface area contributed by atoms with E-state index in [9.17, 15) is 13.5 Å². The van der Waals surface area contributed by atoms with Gasteiger partial charge in [-0.15, -0.1) is 0 Å². The predicted molar refractivity (Wildman–Crippen MR) is 71.1 cm³/mol. The van der Waals surface area contributed by atoms with Crippen LogP contribution in [0.25, 0.3) is 0 Å². The van der Waals surface area contributed by atoms with Crippen LogP contribution in [0.1, 0.15) is 6.42 Å². The molecule has 0 spiro atoms. The highest BCUT2D eigenvalue weighted by Crippen LogP contribution is 2.24. The van der Waals surface area contributed by atoms with Crippen LogP contribution in [-0.4, -0.2) is 57.0 Å². The van der Waals surface area contributed by atoms with Crippen LogP contribution in [0.3, 0.4) is 0 Å². The number of hydrogen-bond donors (Lipinski definition) is 1. The summed E-state index contributed by atoms with van der Waals surface area (Å²) in [6, 6.07) is 5.98. The zero-order valence-electron chi connectivity index (χ0n) is 11.0. The fourth-order valence-electron chi connectivity index (χ4n) is 1.57. The lowest BCUT2D eigenvalue weighted by Gasteiger charge is -2.18. The van der Waals surface area contributed by atoms with Gasteiger partial charge in [0.1, 0.15) is 10.6 Å². The van der Waals surface area contributed by atoms with Gasteiger partial charge in [0.15, 0.2) is 0 Å². The molecule has 5 nitrogen and oxygen atoms in total. The molecule has 0 aliphatic heterocycles. The zero-order valence-corrected chi connectivity index (χ0v) is 11.8. The van der Waals surface area contributed by atoms with E-state index in [2.05, 4.69) is 0 Å². The van der Waals surface area contributed by atoms with Crippen LogP contribution in [0.4, 0.5) is 0 Å². The third kappa shape index (κ3) is 3.69. The van der Waals surface area contributed by atoms with Gasteiger partial charge in [0.25, 0.3) is 0 Å². The largest absolute Gasteiger partial charge is 0.507 e. The van der Waals surface area contributed by atoms with Gasteiger partial charge in [0.2, 0.25) is 10.0 Å². The van der Waals surface area contributed by atoms with Crippen LogP contribution in [0.5, 0.6) is 5.75 Å². The highest BCUT2D eigenvalue weighted by molar-refractivity contribution is 7.89. The quantitative estimate of drug-likeness (QED) is 0.838. The van der Waals surface area contributed by atoms with E-state index in [0.717, 1.165) is 13.0 Å². The highest BCUT2D eigenvalue weighted by atomic mass is 32.2. The standard InChI is InChI=1S/C12H20N2O3S/c1-13(2)9-6-10-14(3)18(16,17)12-8-5-4-7-11(12)15/h4-5,7-8,15H,6,9-10H2,1-3H3. The van der Waals surface area contributed by atoms with Crippen molar-refractivity contribution < 1.29 is 13.5 Å². The number of phenolic OH excluding ortho intramolecular Hbond substituents is 1. The lowest BCUT2D eigenvalue weighted by atomic mass is 10.3. The Labute approximate surface area is 109 Å². The number of rotatable bonds is 6. The molecular weight excluding hydrogens is 252 g/mol. The summed E-state index contributed by atoms with van der Waals surface area (Å²) in [7, 11) is 1.81. The summed E-state index contributed by atoms with van der Waals surface area (Å²) in [5.41, 5.74) is 0. The summed E-state index contributed by atoms with van der Waals surface area (Å²) in [5, 5.41) is 9.59. The lowest BCUT2D eigenvalue weighted by Crippen LogP contribution is -2.29. The van der Waals surface area contributed by atoms with Gasteiger partial charge >= 0.3 is 0 Å². The van der Waals surface area contributed by atoms with Gasteiger partial charge in [-0.05, 0) is 39.2 Å². The maximum absolute atomic E-state index is 12.2. The third-order valence-electron chi connectivity index (χ3n) is 2.63. The van der Waals surface area contributed by atoms with Gasteiger partial charge in [0.05, 0.1) is 0 Å². The molecule has 1 rings (SSSR count). The van der Waals surface area contributed by atoms with Gasteiger partial charge in [-0.2, -0.15) is 0 Å². The van der Waals surface area contributed by atoms with Crippen molar-refractivity contribution in [3.05, 3.63) is 24.3 Å². The zero-order chi connectivity index (χ0) is 13.8. The monoisotopic (exact) mass is 272 g/mol. The maximum atomic E-state index is 12.2. The summed E-state index contributed by atoms with van der Waals surface area (Å²) >= 11 is 0. The van der Waals surface area contributed by atoms with Gasteiger partial charge in [-0.1, -0.05) is 12.1 Å². The van der Waals surface area contributed by atoms with E-state index in [1.165, 1.54) is 23.5 Å². The number of para-hydroxylation sites is 1. The molecule has 0 amide bonds. The summed E-state index contributed by atoms with van der Waals surface area (Å²) in [5.74, 6) is -0.211. The third-order valence-corrected chi connectivity index (χ3v) is 4.54. The molecule has 0 atom stereocenters. The average molecular weight is 272 g/mol. The molecular formula is C12H20N2O3S. The summed E-state index contributed by atoms with van der Waals surface area (Å²) in [6.07, 6.45) is 0.746. The second-order valence-corrected chi connectivity index (χ2v) is 6.46. The molecule has 0 fully saturated rings. The van der Waals surface area contributed by atoms with Gasteiger partial charge < -0.3 is 10.0 Å². The number of sulfonamides is 1. The van der Waals surface area contributed by atoms with E-state index in [4.69, 9.17) is 0 Å². The second kappa shape index (κ2) is 6.17. The molecule has 0 saturated carbocycles. The summed E-state index contributed by atoms with van der Waals surface area (Å²) < 4.78 is 25.6. The minimum Gasteiger partial charge on any atom is -0.507 e. The molecule has 0 saturated heterocycles.